The van der Waals surface area contributed by atoms with E-state index in [2.05, 4.69) is 17.0 Å². The SMILES string of the molecule is O=C(Cn1c(-c2ccco2)nc2ccccc21)N(Cc1ccccc1)C1CCCCC1. The fourth-order valence-corrected chi connectivity index (χ4v) is 4.65. The molecular weight excluding hydrogens is 386 g/mol. The Morgan fingerprint density at radius 1 is 0.968 bits per heavy atom. The zero-order valence-electron chi connectivity index (χ0n) is 17.6. The molecule has 158 valence electrons. The molecule has 4 aromatic rings. The topological polar surface area (TPSA) is 51.3 Å². The van der Waals surface area contributed by atoms with Crippen molar-refractivity contribution in [2.75, 3.05) is 0 Å². The Labute approximate surface area is 182 Å². The van der Waals surface area contributed by atoms with Crippen molar-refractivity contribution in [1.82, 2.24) is 14.5 Å². The van der Waals surface area contributed by atoms with E-state index in [-0.39, 0.29) is 12.5 Å². The third-order valence-corrected chi connectivity index (χ3v) is 6.22. The number of aromatic nitrogens is 2. The van der Waals surface area contributed by atoms with Crippen molar-refractivity contribution < 1.29 is 9.21 Å². The van der Waals surface area contributed by atoms with Gasteiger partial charge in [-0.3, -0.25) is 4.79 Å². The first-order valence-corrected chi connectivity index (χ1v) is 11.1. The van der Waals surface area contributed by atoms with Crippen LogP contribution in [0.5, 0.6) is 0 Å². The lowest BCUT2D eigenvalue weighted by Crippen LogP contribution is -2.42. The van der Waals surface area contributed by atoms with E-state index >= 15 is 0 Å². The van der Waals surface area contributed by atoms with Gasteiger partial charge in [0.15, 0.2) is 11.6 Å². The molecule has 0 aliphatic heterocycles. The Morgan fingerprint density at radius 2 is 1.74 bits per heavy atom. The van der Waals surface area contributed by atoms with E-state index in [4.69, 9.17) is 9.40 Å². The highest BCUT2D eigenvalue weighted by Gasteiger charge is 2.27. The van der Waals surface area contributed by atoms with E-state index < -0.39 is 0 Å². The summed E-state index contributed by atoms with van der Waals surface area (Å²) in [4.78, 5) is 20.6. The van der Waals surface area contributed by atoms with Gasteiger partial charge in [0.1, 0.15) is 6.54 Å². The Morgan fingerprint density at radius 3 is 2.52 bits per heavy atom. The second-order valence-electron chi connectivity index (χ2n) is 8.29. The first-order chi connectivity index (χ1) is 15.3. The molecule has 1 amide bonds. The number of nitrogens with zero attached hydrogens (tertiary/aromatic N) is 3. The van der Waals surface area contributed by atoms with E-state index in [1.807, 2.05) is 59.2 Å². The molecule has 2 heterocycles. The average molecular weight is 414 g/mol. The van der Waals surface area contributed by atoms with E-state index in [1.165, 1.54) is 24.8 Å². The Balaban J connectivity index is 1.49. The molecular formula is C26H27N3O2. The molecule has 0 radical (unpaired) electrons. The molecule has 0 atom stereocenters. The molecule has 1 aliphatic carbocycles. The first kappa shape index (κ1) is 19.6. The van der Waals surface area contributed by atoms with Crippen LogP contribution in [0, 0.1) is 0 Å². The number of hydrogen-bond acceptors (Lipinski definition) is 3. The van der Waals surface area contributed by atoms with Gasteiger partial charge in [-0.1, -0.05) is 61.7 Å². The van der Waals surface area contributed by atoms with Crippen LogP contribution in [0.15, 0.2) is 77.4 Å². The van der Waals surface area contributed by atoms with E-state index in [1.54, 1.807) is 6.26 Å². The summed E-state index contributed by atoms with van der Waals surface area (Å²) in [6.45, 7) is 0.896. The van der Waals surface area contributed by atoms with E-state index in [0.29, 0.717) is 24.2 Å². The fraction of sp³-hybridized carbons (Fsp3) is 0.308. The van der Waals surface area contributed by atoms with Crippen molar-refractivity contribution in [3.63, 3.8) is 0 Å². The number of fused-ring (bicyclic) bond motifs is 1. The van der Waals surface area contributed by atoms with Crippen LogP contribution in [0.3, 0.4) is 0 Å². The number of carbonyl (C=O) groups is 1. The highest BCUT2D eigenvalue weighted by atomic mass is 16.3. The van der Waals surface area contributed by atoms with Gasteiger partial charge in [0, 0.05) is 12.6 Å². The molecule has 0 spiro atoms. The summed E-state index contributed by atoms with van der Waals surface area (Å²) >= 11 is 0. The number of furan rings is 1. The predicted octanol–water partition coefficient (Wildman–Crippen LogP) is 5.66. The van der Waals surface area contributed by atoms with Crippen LogP contribution in [0.4, 0.5) is 0 Å². The van der Waals surface area contributed by atoms with Crippen molar-refractivity contribution in [3.05, 3.63) is 78.6 Å². The highest BCUT2D eigenvalue weighted by molar-refractivity contribution is 5.84. The van der Waals surface area contributed by atoms with Gasteiger partial charge in [-0.05, 0) is 42.7 Å². The van der Waals surface area contributed by atoms with Crippen LogP contribution in [-0.2, 0) is 17.9 Å². The Hall–Kier alpha value is -3.34. The second-order valence-corrected chi connectivity index (χ2v) is 8.29. The van der Waals surface area contributed by atoms with Crippen LogP contribution in [0.1, 0.15) is 37.7 Å². The highest BCUT2D eigenvalue weighted by Crippen LogP contribution is 2.28. The minimum absolute atomic E-state index is 0.131. The smallest absolute Gasteiger partial charge is 0.243 e. The van der Waals surface area contributed by atoms with E-state index in [9.17, 15) is 4.79 Å². The zero-order valence-corrected chi connectivity index (χ0v) is 17.6. The maximum absolute atomic E-state index is 13.7. The van der Waals surface area contributed by atoms with Gasteiger partial charge in [-0.15, -0.1) is 0 Å². The second kappa shape index (κ2) is 8.80. The quantitative estimate of drug-likeness (QED) is 0.410. The lowest BCUT2D eigenvalue weighted by Gasteiger charge is -2.35. The summed E-state index contributed by atoms with van der Waals surface area (Å²) in [6.07, 6.45) is 7.44. The van der Waals surface area contributed by atoms with Crippen LogP contribution in [-0.4, -0.2) is 26.4 Å². The van der Waals surface area contributed by atoms with Crippen LogP contribution >= 0.6 is 0 Å². The van der Waals surface area contributed by atoms with Gasteiger partial charge >= 0.3 is 0 Å². The summed E-state index contributed by atoms with van der Waals surface area (Å²) in [5, 5.41) is 0. The first-order valence-electron chi connectivity index (χ1n) is 11.1. The van der Waals surface area contributed by atoms with Crippen molar-refractivity contribution in [3.8, 4) is 11.6 Å². The zero-order chi connectivity index (χ0) is 21.0. The van der Waals surface area contributed by atoms with Gasteiger partial charge in [-0.2, -0.15) is 0 Å². The minimum Gasteiger partial charge on any atom is -0.461 e. The Bertz CT molecular complexity index is 1140. The van der Waals surface area contributed by atoms with Gasteiger partial charge in [0.2, 0.25) is 5.91 Å². The van der Waals surface area contributed by atoms with Gasteiger partial charge in [0.05, 0.1) is 17.3 Å². The fourth-order valence-electron chi connectivity index (χ4n) is 4.65. The third-order valence-electron chi connectivity index (χ3n) is 6.22. The molecule has 5 heteroatoms. The number of rotatable bonds is 6. The summed E-state index contributed by atoms with van der Waals surface area (Å²) < 4.78 is 7.63. The van der Waals surface area contributed by atoms with E-state index in [0.717, 1.165) is 23.9 Å². The summed E-state index contributed by atoms with van der Waals surface area (Å²) in [7, 11) is 0. The minimum atomic E-state index is 0.131. The molecule has 2 aromatic carbocycles. The molecule has 1 aliphatic rings. The molecule has 0 bridgehead atoms. The van der Waals surface area contributed by atoms with Gasteiger partial charge in [-0.25, -0.2) is 4.98 Å². The summed E-state index contributed by atoms with van der Waals surface area (Å²) in [6, 6.07) is 22.3. The largest absolute Gasteiger partial charge is 0.461 e. The molecule has 1 fully saturated rings. The lowest BCUT2D eigenvalue weighted by molar-refractivity contribution is -0.135. The van der Waals surface area contributed by atoms with Gasteiger partial charge < -0.3 is 13.9 Å². The summed E-state index contributed by atoms with van der Waals surface area (Å²) in [5.41, 5.74) is 2.99. The normalized spacial score (nSPS) is 14.7. The molecule has 5 nitrogen and oxygen atoms in total. The molecule has 2 aromatic heterocycles. The van der Waals surface area contributed by atoms with Gasteiger partial charge in [0.25, 0.3) is 0 Å². The number of amides is 1. The number of carbonyl (C=O) groups excluding carboxylic acids is 1. The maximum atomic E-state index is 13.7. The van der Waals surface area contributed by atoms with Crippen molar-refractivity contribution in [2.24, 2.45) is 0 Å². The van der Waals surface area contributed by atoms with Crippen molar-refractivity contribution in [2.45, 2.75) is 51.2 Å². The van der Waals surface area contributed by atoms with Crippen molar-refractivity contribution in [1.29, 1.82) is 0 Å². The summed E-state index contributed by atoms with van der Waals surface area (Å²) in [5.74, 6) is 1.51. The third kappa shape index (κ3) is 4.13. The molecule has 0 N–H and O–H groups in total. The Kier molecular flexibility index (Phi) is 5.57. The maximum Gasteiger partial charge on any atom is 0.243 e. The van der Waals surface area contributed by atoms with Crippen LogP contribution in [0.2, 0.25) is 0 Å². The standard InChI is InChI=1S/C26H27N3O2/c30-25(28(21-12-5-2-6-13-21)18-20-10-3-1-4-11-20)19-29-23-15-8-7-14-22(23)27-26(29)24-16-9-17-31-24/h1,3-4,7-11,14-17,21H,2,5-6,12-13,18-19H2. The number of benzene rings is 2. The monoisotopic (exact) mass is 413 g/mol. The molecule has 0 saturated heterocycles. The molecule has 31 heavy (non-hydrogen) atoms. The molecule has 0 unspecified atom stereocenters. The lowest BCUT2D eigenvalue weighted by atomic mass is 9.93. The van der Waals surface area contributed by atoms with Crippen molar-refractivity contribution >= 4 is 16.9 Å². The van der Waals surface area contributed by atoms with Crippen LogP contribution in [0.25, 0.3) is 22.6 Å². The number of hydrogen-bond donors (Lipinski definition) is 0. The number of imidazole rings is 1. The van der Waals surface area contributed by atoms with Crippen LogP contribution < -0.4 is 0 Å². The predicted molar refractivity (Wildman–Crippen MR) is 121 cm³/mol. The average Bonchev–Trinajstić information content (AvgIpc) is 3.47. The molecule has 1 saturated carbocycles. The molecule has 5 rings (SSSR count). The number of para-hydroxylation sites is 2.